The number of fused-ring (bicyclic) bond motifs is 1. The highest BCUT2D eigenvalue weighted by Gasteiger charge is 2.10. The summed E-state index contributed by atoms with van der Waals surface area (Å²) in [7, 11) is 0. The molecule has 0 radical (unpaired) electrons. The van der Waals surface area contributed by atoms with E-state index in [4.69, 9.17) is 4.52 Å². The molecule has 162 valence electrons. The van der Waals surface area contributed by atoms with E-state index in [0.29, 0.717) is 17.5 Å². The molecule has 0 aliphatic rings. The fraction of sp³-hybridized carbons (Fsp3) is 0. The van der Waals surface area contributed by atoms with Crippen LogP contribution in [-0.2, 0) is 0 Å². The lowest BCUT2D eigenvalue weighted by Crippen LogP contribution is -1.85. The molecule has 6 aromatic rings. The lowest BCUT2D eigenvalue weighted by Gasteiger charge is -1.99. The Morgan fingerprint density at radius 1 is 0.588 bits per heavy atom. The van der Waals surface area contributed by atoms with E-state index in [1.807, 2.05) is 91.1 Å². The summed E-state index contributed by atoms with van der Waals surface area (Å²) >= 11 is 0. The first-order chi connectivity index (χ1) is 16.8. The summed E-state index contributed by atoms with van der Waals surface area (Å²) in [6.07, 6.45) is 6.05. The van der Waals surface area contributed by atoms with Crippen LogP contribution in [0.4, 0.5) is 0 Å². The molecule has 0 unspecified atom stereocenters. The molecule has 0 atom stereocenters. The Hall–Kier alpha value is -4.84. The topological polar surface area (TPSA) is 69.1 Å². The van der Waals surface area contributed by atoms with Gasteiger partial charge in [-0.05, 0) is 35.4 Å². The van der Waals surface area contributed by atoms with Crippen molar-refractivity contribution in [3.05, 3.63) is 114 Å². The number of nitrogens with zero attached hydrogens (tertiary/aromatic N) is 5. The van der Waals surface area contributed by atoms with E-state index in [-0.39, 0.29) is 0 Å². The fourth-order valence-corrected chi connectivity index (χ4v) is 3.67. The van der Waals surface area contributed by atoms with Crippen molar-refractivity contribution < 1.29 is 4.52 Å². The maximum Gasteiger partial charge on any atom is 0.258 e. The van der Waals surface area contributed by atoms with E-state index in [1.54, 1.807) is 4.52 Å². The lowest BCUT2D eigenvalue weighted by atomic mass is 10.1. The van der Waals surface area contributed by atoms with Gasteiger partial charge in [0.1, 0.15) is 0 Å². The van der Waals surface area contributed by atoms with Gasteiger partial charge in [-0.2, -0.15) is 4.98 Å². The van der Waals surface area contributed by atoms with Crippen LogP contribution in [0.2, 0.25) is 0 Å². The van der Waals surface area contributed by atoms with Gasteiger partial charge in [0.25, 0.3) is 5.89 Å². The lowest BCUT2D eigenvalue weighted by molar-refractivity contribution is 0.432. The van der Waals surface area contributed by atoms with Gasteiger partial charge in [-0.1, -0.05) is 90.1 Å². The molecule has 3 aromatic carbocycles. The molecule has 6 nitrogen and oxygen atoms in total. The summed E-state index contributed by atoms with van der Waals surface area (Å²) < 4.78 is 7.23. The van der Waals surface area contributed by atoms with Crippen LogP contribution in [0.25, 0.3) is 52.0 Å². The van der Waals surface area contributed by atoms with E-state index < -0.39 is 0 Å². The van der Waals surface area contributed by atoms with Crippen molar-refractivity contribution in [1.29, 1.82) is 0 Å². The van der Waals surface area contributed by atoms with Crippen molar-refractivity contribution in [2.24, 2.45) is 0 Å². The first-order valence-corrected chi connectivity index (χ1v) is 10.9. The van der Waals surface area contributed by atoms with E-state index >= 15 is 0 Å². The second kappa shape index (κ2) is 8.60. The van der Waals surface area contributed by atoms with Crippen molar-refractivity contribution in [3.8, 4) is 34.2 Å². The Morgan fingerprint density at radius 2 is 1.24 bits per heavy atom. The molecule has 0 saturated heterocycles. The number of hydrogen-bond donors (Lipinski definition) is 0. The van der Waals surface area contributed by atoms with Crippen LogP contribution in [0.5, 0.6) is 0 Å². The Morgan fingerprint density at radius 3 is 1.94 bits per heavy atom. The molecule has 6 heteroatoms. The van der Waals surface area contributed by atoms with Crippen LogP contribution in [0.1, 0.15) is 11.1 Å². The summed E-state index contributed by atoms with van der Waals surface area (Å²) in [6.45, 7) is 0. The summed E-state index contributed by atoms with van der Waals surface area (Å²) in [5, 5.41) is 8.62. The Balaban J connectivity index is 1.16. The molecule has 0 amide bonds. The largest absolute Gasteiger partial charge is 0.334 e. The van der Waals surface area contributed by atoms with Gasteiger partial charge in [0, 0.05) is 22.9 Å². The third-order valence-electron chi connectivity index (χ3n) is 5.49. The molecule has 0 N–H and O–H groups in total. The first-order valence-electron chi connectivity index (χ1n) is 10.9. The van der Waals surface area contributed by atoms with E-state index in [9.17, 15) is 0 Å². The van der Waals surface area contributed by atoms with Gasteiger partial charge in [0.2, 0.25) is 5.82 Å². The summed E-state index contributed by atoms with van der Waals surface area (Å²) in [5.74, 6) is 1.81. The molecular weight excluding hydrogens is 422 g/mol. The van der Waals surface area contributed by atoms with Crippen molar-refractivity contribution in [2.45, 2.75) is 0 Å². The molecule has 34 heavy (non-hydrogen) atoms. The van der Waals surface area contributed by atoms with Crippen LogP contribution < -0.4 is 0 Å². The number of rotatable bonds is 5. The van der Waals surface area contributed by atoms with Gasteiger partial charge in [-0.3, -0.25) is 0 Å². The van der Waals surface area contributed by atoms with Crippen LogP contribution in [-0.4, -0.2) is 24.7 Å². The second-order valence-electron chi connectivity index (χ2n) is 7.81. The van der Waals surface area contributed by atoms with Gasteiger partial charge in [0.15, 0.2) is 11.5 Å². The van der Waals surface area contributed by atoms with Crippen LogP contribution in [0, 0.1) is 0 Å². The smallest absolute Gasteiger partial charge is 0.258 e. The van der Waals surface area contributed by atoms with Gasteiger partial charge < -0.3 is 4.52 Å². The van der Waals surface area contributed by atoms with Crippen LogP contribution in [0.15, 0.2) is 108 Å². The molecule has 0 spiro atoms. The summed E-state index contributed by atoms with van der Waals surface area (Å²) in [6, 6.07) is 31.9. The highest BCUT2D eigenvalue weighted by molar-refractivity contribution is 5.72. The van der Waals surface area contributed by atoms with Gasteiger partial charge >= 0.3 is 0 Å². The fourth-order valence-electron chi connectivity index (χ4n) is 3.67. The predicted molar refractivity (Wildman–Crippen MR) is 133 cm³/mol. The summed E-state index contributed by atoms with van der Waals surface area (Å²) in [5.41, 5.74) is 5.82. The SMILES string of the molecule is C(=Cc1ccc(-c2nc(-c3ccccc3)no2)cc1)c1ccc(-c2nc3ccccn3n2)cc1. The average Bonchev–Trinajstić information content (AvgIpc) is 3.57. The Labute approximate surface area is 195 Å². The zero-order valence-electron chi connectivity index (χ0n) is 18.1. The minimum absolute atomic E-state index is 0.505. The molecule has 0 bridgehead atoms. The monoisotopic (exact) mass is 441 g/mol. The van der Waals surface area contributed by atoms with Crippen molar-refractivity contribution in [2.75, 3.05) is 0 Å². The second-order valence-corrected chi connectivity index (χ2v) is 7.81. The normalized spacial score (nSPS) is 11.4. The number of aromatic nitrogens is 5. The number of hydrogen-bond acceptors (Lipinski definition) is 5. The third-order valence-corrected chi connectivity index (χ3v) is 5.49. The van der Waals surface area contributed by atoms with Gasteiger partial charge in [-0.25, -0.2) is 9.50 Å². The van der Waals surface area contributed by atoms with E-state index in [1.165, 1.54) is 0 Å². The minimum Gasteiger partial charge on any atom is -0.334 e. The zero-order chi connectivity index (χ0) is 22.7. The number of pyridine rings is 1. The van der Waals surface area contributed by atoms with E-state index in [0.717, 1.165) is 33.5 Å². The maximum atomic E-state index is 5.45. The predicted octanol–water partition coefficient (Wildman–Crippen LogP) is 6.28. The van der Waals surface area contributed by atoms with Crippen molar-refractivity contribution in [1.82, 2.24) is 24.7 Å². The molecular formula is C28H19N5O. The zero-order valence-corrected chi connectivity index (χ0v) is 18.1. The standard InChI is InChI=1S/C28H19N5O/c1-2-6-22(7-3-1)27-30-28(34-32-27)24-17-13-21(14-18-24)10-9-20-11-15-23(16-12-20)26-29-25-8-4-5-19-33(25)31-26/h1-19H. The van der Waals surface area contributed by atoms with E-state index in [2.05, 4.69) is 44.5 Å². The molecule has 3 heterocycles. The highest BCUT2D eigenvalue weighted by Crippen LogP contribution is 2.23. The Kier molecular flexibility index (Phi) is 5.01. The van der Waals surface area contributed by atoms with Crippen molar-refractivity contribution >= 4 is 17.8 Å². The molecule has 6 rings (SSSR count). The Bertz CT molecular complexity index is 1550. The van der Waals surface area contributed by atoms with Crippen LogP contribution >= 0.6 is 0 Å². The highest BCUT2D eigenvalue weighted by atomic mass is 16.5. The number of benzene rings is 3. The molecule has 0 aliphatic heterocycles. The first kappa shape index (κ1) is 19.8. The summed E-state index contributed by atoms with van der Waals surface area (Å²) in [4.78, 5) is 9.09. The van der Waals surface area contributed by atoms with Crippen molar-refractivity contribution in [3.63, 3.8) is 0 Å². The molecule has 0 saturated carbocycles. The minimum atomic E-state index is 0.505. The molecule has 3 aromatic heterocycles. The van der Waals surface area contributed by atoms with Crippen LogP contribution in [0.3, 0.4) is 0 Å². The molecule has 0 fully saturated rings. The van der Waals surface area contributed by atoms with Gasteiger partial charge in [-0.15, -0.1) is 5.10 Å². The average molecular weight is 441 g/mol. The molecule has 0 aliphatic carbocycles. The third kappa shape index (κ3) is 4.00. The quantitative estimate of drug-likeness (QED) is 0.294. The van der Waals surface area contributed by atoms with Gasteiger partial charge in [0.05, 0.1) is 0 Å². The maximum absolute atomic E-state index is 5.45.